The Labute approximate surface area is 507 Å². The van der Waals surface area contributed by atoms with Crippen molar-refractivity contribution in [3.05, 3.63) is 122 Å². The summed E-state index contributed by atoms with van der Waals surface area (Å²) in [7, 11) is 0. The third-order valence-electron chi connectivity index (χ3n) is 14.7. The van der Waals surface area contributed by atoms with Gasteiger partial charge in [-0.3, -0.25) is 14.4 Å². The Hall–Kier alpha value is -4.19. The number of carbonyl (C=O) groups is 3. The SMILES string of the molecule is CC/C=C\C/C=C\C/C=C\C/C=C\C/C=C\CCCCCCCCCCCCCC(=O)OCC(COC(=O)CCCCCCC/C=C\C/C=C\CCCC)OC(=O)CCCCCCCCCC/C=C\C/C=C\C/C=C\CCCCCCC. The van der Waals surface area contributed by atoms with Crippen molar-refractivity contribution in [2.75, 3.05) is 13.2 Å². The molecule has 0 heterocycles. The third-order valence-corrected chi connectivity index (χ3v) is 14.7. The molecule has 0 N–H and O–H groups in total. The summed E-state index contributed by atoms with van der Waals surface area (Å²) in [6.07, 6.45) is 96.4. The summed E-state index contributed by atoms with van der Waals surface area (Å²) in [5, 5.41) is 0. The topological polar surface area (TPSA) is 78.9 Å². The van der Waals surface area contributed by atoms with Crippen LogP contribution in [0.4, 0.5) is 0 Å². The third kappa shape index (κ3) is 66.6. The largest absolute Gasteiger partial charge is 0.462 e. The average Bonchev–Trinajstić information content (AvgIpc) is 3.48. The molecule has 0 aromatic carbocycles. The van der Waals surface area contributed by atoms with E-state index >= 15 is 0 Å². The number of rotatable bonds is 62. The van der Waals surface area contributed by atoms with Crippen LogP contribution in [0.3, 0.4) is 0 Å². The molecule has 6 heteroatoms. The summed E-state index contributed by atoms with van der Waals surface area (Å²) in [6, 6.07) is 0. The zero-order chi connectivity index (χ0) is 59.2. The fraction of sp³-hybridized carbons (Fsp3) is 0.697. The minimum Gasteiger partial charge on any atom is -0.462 e. The molecule has 0 spiro atoms. The molecule has 0 radical (unpaired) electrons. The van der Waals surface area contributed by atoms with Crippen molar-refractivity contribution in [3.8, 4) is 0 Å². The van der Waals surface area contributed by atoms with Gasteiger partial charge in [0.1, 0.15) is 13.2 Å². The van der Waals surface area contributed by atoms with Crippen molar-refractivity contribution >= 4 is 17.9 Å². The first-order valence-electron chi connectivity index (χ1n) is 34.5. The van der Waals surface area contributed by atoms with Crippen molar-refractivity contribution in [3.63, 3.8) is 0 Å². The van der Waals surface area contributed by atoms with Crippen LogP contribution in [0, 0.1) is 0 Å². The number of hydrogen-bond acceptors (Lipinski definition) is 6. The van der Waals surface area contributed by atoms with Crippen LogP contribution in [0.1, 0.15) is 323 Å². The Morgan fingerprint density at radius 1 is 0.256 bits per heavy atom. The highest BCUT2D eigenvalue weighted by Gasteiger charge is 2.19. The first-order chi connectivity index (χ1) is 40.5. The van der Waals surface area contributed by atoms with E-state index in [1.165, 1.54) is 148 Å². The molecule has 0 bridgehead atoms. The molecule has 0 saturated carbocycles. The predicted octanol–water partition coefficient (Wildman–Crippen LogP) is 23.9. The van der Waals surface area contributed by atoms with Gasteiger partial charge in [0.05, 0.1) is 0 Å². The molecule has 0 aliphatic carbocycles. The van der Waals surface area contributed by atoms with Crippen LogP contribution in [-0.2, 0) is 28.6 Å². The Balaban J connectivity index is 4.35. The fourth-order valence-corrected chi connectivity index (χ4v) is 9.49. The monoisotopic (exact) mass is 1140 g/mol. The van der Waals surface area contributed by atoms with E-state index in [0.717, 1.165) is 135 Å². The maximum Gasteiger partial charge on any atom is 0.306 e. The molecule has 0 aliphatic rings. The molecule has 0 rings (SSSR count). The molecule has 0 aliphatic heterocycles. The maximum absolute atomic E-state index is 13.0. The van der Waals surface area contributed by atoms with Gasteiger partial charge in [-0.25, -0.2) is 0 Å². The number of allylic oxidation sites excluding steroid dienone is 20. The van der Waals surface area contributed by atoms with Crippen molar-refractivity contribution in [2.45, 2.75) is 329 Å². The quantitative estimate of drug-likeness (QED) is 0.0261. The molecule has 82 heavy (non-hydrogen) atoms. The van der Waals surface area contributed by atoms with Crippen LogP contribution < -0.4 is 0 Å². The van der Waals surface area contributed by atoms with Gasteiger partial charge in [-0.1, -0.05) is 296 Å². The maximum atomic E-state index is 13.0. The molecule has 0 amide bonds. The molecule has 1 unspecified atom stereocenters. The second-order valence-electron chi connectivity index (χ2n) is 22.7. The standard InChI is InChI=1S/C76H128O6/c1-4-7-10-13-16-19-22-25-28-30-32-34-36-37-38-39-41-42-44-46-48-51-54-57-60-63-66-69-75(78)81-72-73(71-80-74(77)68-65-62-59-56-53-50-27-24-21-18-15-12-9-6-3)82-76(79)70-67-64-61-58-55-52-49-47-45-43-40-35-33-31-29-26-23-20-17-14-11-8-5-2/h7,10,15-16,18-19,23-28,31-34,37-38,40,43,73H,4-6,8-9,11-14,17,20-22,29-30,35-36,39,41-42,44-72H2,1-3H3/b10-7-,18-15-,19-16-,26-23-,27-24-,28-25-,33-31-,34-32-,38-37-,43-40-. The average molecular weight is 1140 g/mol. The lowest BCUT2D eigenvalue weighted by Crippen LogP contribution is -2.30. The van der Waals surface area contributed by atoms with Crippen LogP contribution in [0.5, 0.6) is 0 Å². The Kier molecular flexibility index (Phi) is 65.8. The Morgan fingerprint density at radius 2 is 0.488 bits per heavy atom. The molecule has 0 aromatic heterocycles. The van der Waals surface area contributed by atoms with Gasteiger partial charge in [-0.15, -0.1) is 0 Å². The minimum atomic E-state index is -0.794. The van der Waals surface area contributed by atoms with E-state index in [4.69, 9.17) is 14.2 Å². The van der Waals surface area contributed by atoms with E-state index < -0.39 is 6.10 Å². The number of carbonyl (C=O) groups excluding carboxylic acids is 3. The Morgan fingerprint density at radius 3 is 0.780 bits per heavy atom. The summed E-state index contributed by atoms with van der Waals surface area (Å²) in [5.41, 5.74) is 0. The molecule has 0 fully saturated rings. The smallest absolute Gasteiger partial charge is 0.306 e. The second-order valence-corrected chi connectivity index (χ2v) is 22.7. The van der Waals surface area contributed by atoms with Gasteiger partial charge in [-0.2, -0.15) is 0 Å². The Bertz CT molecular complexity index is 1690. The molecular formula is C76H128O6. The summed E-state index contributed by atoms with van der Waals surface area (Å²) < 4.78 is 17.0. The molecule has 468 valence electrons. The molecule has 0 saturated heterocycles. The first kappa shape index (κ1) is 77.8. The van der Waals surface area contributed by atoms with E-state index in [1.807, 2.05) is 0 Å². The highest BCUT2D eigenvalue weighted by molar-refractivity contribution is 5.71. The molecular weight excluding hydrogens is 1010 g/mol. The lowest BCUT2D eigenvalue weighted by Gasteiger charge is -2.18. The second kappa shape index (κ2) is 69.3. The number of esters is 3. The lowest BCUT2D eigenvalue weighted by atomic mass is 10.0. The van der Waals surface area contributed by atoms with Crippen LogP contribution in [0.15, 0.2) is 122 Å². The molecule has 1 atom stereocenters. The van der Waals surface area contributed by atoms with Crippen molar-refractivity contribution in [1.82, 2.24) is 0 Å². The van der Waals surface area contributed by atoms with Gasteiger partial charge >= 0.3 is 17.9 Å². The van der Waals surface area contributed by atoms with Crippen molar-refractivity contribution < 1.29 is 28.6 Å². The predicted molar refractivity (Wildman–Crippen MR) is 357 cm³/mol. The zero-order valence-electron chi connectivity index (χ0n) is 53.7. The van der Waals surface area contributed by atoms with Crippen LogP contribution in [0.25, 0.3) is 0 Å². The normalized spacial score (nSPS) is 12.9. The summed E-state index contributed by atoms with van der Waals surface area (Å²) in [6.45, 7) is 6.48. The summed E-state index contributed by atoms with van der Waals surface area (Å²) in [5.74, 6) is -0.904. The van der Waals surface area contributed by atoms with E-state index in [0.29, 0.717) is 19.3 Å². The molecule has 0 aromatic rings. The van der Waals surface area contributed by atoms with Gasteiger partial charge in [0.25, 0.3) is 0 Å². The van der Waals surface area contributed by atoms with E-state index in [9.17, 15) is 14.4 Å². The van der Waals surface area contributed by atoms with Crippen LogP contribution in [-0.4, -0.2) is 37.2 Å². The highest BCUT2D eigenvalue weighted by atomic mass is 16.6. The number of hydrogen-bond donors (Lipinski definition) is 0. The molecule has 6 nitrogen and oxygen atoms in total. The van der Waals surface area contributed by atoms with Gasteiger partial charge in [0.15, 0.2) is 6.10 Å². The first-order valence-corrected chi connectivity index (χ1v) is 34.5. The van der Waals surface area contributed by atoms with Gasteiger partial charge in [0.2, 0.25) is 0 Å². The summed E-state index contributed by atoms with van der Waals surface area (Å²) >= 11 is 0. The van der Waals surface area contributed by atoms with E-state index in [1.54, 1.807) is 0 Å². The van der Waals surface area contributed by atoms with Crippen LogP contribution in [0.2, 0.25) is 0 Å². The lowest BCUT2D eigenvalue weighted by molar-refractivity contribution is -0.167. The van der Waals surface area contributed by atoms with Crippen LogP contribution >= 0.6 is 0 Å². The van der Waals surface area contributed by atoms with Crippen molar-refractivity contribution in [2.24, 2.45) is 0 Å². The van der Waals surface area contributed by atoms with E-state index in [-0.39, 0.29) is 31.1 Å². The van der Waals surface area contributed by atoms with E-state index in [2.05, 4.69) is 142 Å². The van der Waals surface area contributed by atoms with Gasteiger partial charge in [0, 0.05) is 19.3 Å². The number of unbranched alkanes of at least 4 members (excludes halogenated alkanes) is 31. The van der Waals surface area contributed by atoms with Gasteiger partial charge in [-0.05, 0) is 128 Å². The van der Waals surface area contributed by atoms with Crippen molar-refractivity contribution in [1.29, 1.82) is 0 Å². The fourth-order valence-electron chi connectivity index (χ4n) is 9.49. The number of ether oxygens (including phenoxy) is 3. The summed E-state index contributed by atoms with van der Waals surface area (Å²) in [4.78, 5) is 38.4. The minimum absolute atomic E-state index is 0.0884. The highest BCUT2D eigenvalue weighted by Crippen LogP contribution is 2.16. The van der Waals surface area contributed by atoms with Gasteiger partial charge < -0.3 is 14.2 Å². The zero-order valence-corrected chi connectivity index (χ0v) is 53.7.